The van der Waals surface area contributed by atoms with Crippen molar-refractivity contribution in [2.45, 2.75) is 39.5 Å². The van der Waals surface area contributed by atoms with E-state index >= 15 is 0 Å². The highest BCUT2D eigenvalue weighted by Crippen LogP contribution is 2.28. The highest BCUT2D eigenvalue weighted by atomic mass is 16.4. The number of hydrogen-bond acceptors (Lipinski definition) is 1. The van der Waals surface area contributed by atoms with Gasteiger partial charge in [0.15, 0.2) is 0 Å². The molecule has 0 atom stereocenters. The highest BCUT2D eigenvalue weighted by molar-refractivity contribution is 5.91. The van der Waals surface area contributed by atoms with Gasteiger partial charge in [0.2, 0.25) is 0 Å². The van der Waals surface area contributed by atoms with Gasteiger partial charge in [0.25, 0.3) is 0 Å². The first kappa shape index (κ1) is 10.2. The fourth-order valence-electron chi connectivity index (χ4n) is 2.63. The molecule has 15 heavy (non-hydrogen) atoms. The fraction of sp³-hybridized carbons (Fsp3) is 0.462. The number of benzene rings is 1. The van der Waals surface area contributed by atoms with Crippen molar-refractivity contribution in [3.8, 4) is 0 Å². The van der Waals surface area contributed by atoms with Crippen molar-refractivity contribution in [1.29, 1.82) is 0 Å². The Morgan fingerprint density at radius 2 is 1.93 bits per heavy atom. The molecule has 2 rings (SSSR count). The Bertz CT molecular complexity index is 419. The zero-order chi connectivity index (χ0) is 11.0. The lowest BCUT2D eigenvalue weighted by atomic mass is 9.84. The number of fused-ring (bicyclic) bond motifs is 1. The first-order chi connectivity index (χ1) is 7.11. The lowest BCUT2D eigenvalue weighted by Gasteiger charge is -2.20. The maximum Gasteiger partial charge on any atom is 0.336 e. The number of aromatic carboxylic acids is 1. The van der Waals surface area contributed by atoms with Crippen LogP contribution in [0.2, 0.25) is 0 Å². The lowest BCUT2D eigenvalue weighted by molar-refractivity contribution is 0.0695. The SMILES string of the molecule is Cc1cc2c(c(C)c1C(=O)O)CCCC2. The summed E-state index contributed by atoms with van der Waals surface area (Å²) >= 11 is 0. The third-order valence-corrected chi connectivity index (χ3v) is 3.34. The maximum absolute atomic E-state index is 11.1. The van der Waals surface area contributed by atoms with Gasteiger partial charge in [0.1, 0.15) is 0 Å². The molecule has 0 unspecified atom stereocenters. The van der Waals surface area contributed by atoms with Gasteiger partial charge >= 0.3 is 5.97 Å². The summed E-state index contributed by atoms with van der Waals surface area (Å²) in [7, 11) is 0. The summed E-state index contributed by atoms with van der Waals surface area (Å²) in [6.45, 7) is 3.84. The molecule has 0 spiro atoms. The van der Waals surface area contributed by atoms with Crippen LogP contribution >= 0.6 is 0 Å². The normalized spacial score (nSPS) is 14.8. The molecular formula is C13H16O2. The van der Waals surface area contributed by atoms with Gasteiger partial charge in [-0.3, -0.25) is 0 Å². The molecule has 0 amide bonds. The number of carboxylic acid groups (broad SMARTS) is 1. The average molecular weight is 204 g/mol. The molecule has 0 radical (unpaired) electrons. The summed E-state index contributed by atoms with van der Waals surface area (Å²) in [5.74, 6) is -0.793. The molecule has 1 aliphatic rings. The zero-order valence-corrected chi connectivity index (χ0v) is 9.26. The molecule has 0 aliphatic heterocycles. The average Bonchev–Trinajstić information content (AvgIpc) is 2.17. The molecule has 0 aromatic heterocycles. The maximum atomic E-state index is 11.1. The van der Waals surface area contributed by atoms with E-state index in [2.05, 4.69) is 6.07 Å². The van der Waals surface area contributed by atoms with Crippen molar-refractivity contribution in [3.63, 3.8) is 0 Å². The fourth-order valence-corrected chi connectivity index (χ4v) is 2.63. The molecule has 80 valence electrons. The van der Waals surface area contributed by atoms with E-state index in [1.165, 1.54) is 24.0 Å². The quantitative estimate of drug-likeness (QED) is 0.763. The minimum Gasteiger partial charge on any atom is -0.478 e. The third-order valence-electron chi connectivity index (χ3n) is 3.34. The summed E-state index contributed by atoms with van der Waals surface area (Å²) < 4.78 is 0. The van der Waals surface area contributed by atoms with Gasteiger partial charge in [0, 0.05) is 0 Å². The summed E-state index contributed by atoms with van der Waals surface area (Å²) in [5.41, 5.74) is 5.04. The Labute approximate surface area is 89.9 Å². The second kappa shape index (κ2) is 3.69. The third kappa shape index (κ3) is 1.65. The Balaban J connectivity index is 2.64. The smallest absolute Gasteiger partial charge is 0.336 e. The Morgan fingerprint density at radius 1 is 1.27 bits per heavy atom. The summed E-state index contributed by atoms with van der Waals surface area (Å²) in [6.07, 6.45) is 4.58. The second-order valence-electron chi connectivity index (χ2n) is 4.34. The second-order valence-corrected chi connectivity index (χ2v) is 4.34. The van der Waals surface area contributed by atoms with Crippen molar-refractivity contribution in [2.24, 2.45) is 0 Å². The Kier molecular flexibility index (Phi) is 2.51. The van der Waals surface area contributed by atoms with Crippen LogP contribution in [-0.2, 0) is 12.8 Å². The molecule has 0 bridgehead atoms. The number of carboxylic acids is 1. The van der Waals surface area contributed by atoms with E-state index in [0.717, 1.165) is 24.0 Å². The predicted octanol–water partition coefficient (Wildman–Crippen LogP) is 2.88. The number of hydrogen-bond donors (Lipinski definition) is 1. The number of rotatable bonds is 1. The molecule has 0 saturated carbocycles. The van der Waals surface area contributed by atoms with E-state index in [-0.39, 0.29) is 0 Å². The Hall–Kier alpha value is -1.31. The van der Waals surface area contributed by atoms with E-state index in [1.807, 2.05) is 13.8 Å². The highest BCUT2D eigenvalue weighted by Gasteiger charge is 2.19. The van der Waals surface area contributed by atoms with E-state index < -0.39 is 5.97 Å². The summed E-state index contributed by atoms with van der Waals surface area (Å²) in [6, 6.07) is 2.06. The minimum absolute atomic E-state index is 0.510. The van der Waals surface area contributed by atoms with Crippen molar-refractivity contribution < 1.29 is 9.90 Å². The van der Waals surface area contributed by atoms with Crippen LogP contribution in [0, 0.1) is 13.8 Å². The van der Waals surface area contributed by atoms with Crippen LogP contribution in [0.4, 0.5) is 0 Å². The largest absolute Gasteiger partial charge is 0.478 e. The molecule has 1 N–H and O–H groups in total. The van der Waals surface area contributed by atoms with Crippen LogP contribution < -0.4 is 0 Å². The van der Waals surface area contributed by atoms with Crippen molar-refractivity contribution in [1.82, 2.24) is 0 Å². The van der Waals surface area contributed by atoms with E-state index in [1.54, 1.807) is 0 Å². The molecule has 2 nitrogen and oxygen atoms in total. The van der Waals surface area contributed by atoms with Crippen LogP contribution in [-0.4, -0.2) is 11.1 Å². The zero-order valence-electron chi connectivity index (χ0n) is 9.26. The van der Waals surface area contributed by atoms with Crippen LogP contribution in [0.1, 0.15) is 45.5 Å². The minimum atomic E-state index is -0.793. The van der Waals surface area contributed by atoms with Gasteiger partial charge in [-0.15, -0.1) is 0 Å². The predicted molar refractivity (Wildman–Crippen MR) is 59.5 cm³/mol. The first-order valence-electron chi connectivity index (χ1n) is 5.46. The van der Waals surface area contributed by atoms with Gasteiger partial charge < -0.3 is 5.11 Å². The molecule has 1 aliphatic carbocycles. The molecule has 1 aromatic carbocycles. The topological polar surface area (TPSA) is 37.3 Å². The molecule has 0 heterocycles. The van der Waals surface area contributed by atoms with Crippen molar-refractivity contribution >= 4 is 5.97 Å². The Morgan fingerprint density at radius 3 is 2.60 bits per heavy atom. The van der Waals surface area contributed by atoms with Gasteiger partial charge in [-0.1, -0.05) is 6.07 Å². The molecule has 0 fully saturated rings. The van der Waals surface area contributed by atoms with Gasteiger partial charge in [-0.25, -0.2) is 4.79 Å². The summed E-state index contributed by atoms with van der Waals surface area (Å²) in [4.78, 5) is 11.1. The summed E-state index contributed by atoms with van der Waals surface area (Å²) in [5, 5.41) is 9.15. The van der Waals surface area contributed by atoms with Crippen LogP contribution in [0.15, 0.2) is 6.07 Å². The van der Waals surface area contributed by atoms with Crippen molar-refractivity contribution in [2.75, 3.05) is 0 Å². The number of aryl methyl sites for hydroxylation is 2. The molecule has 1 aromatic rings. The lowest BCUT2D eigenvalue weighted by Crippen LogP contribution is -2.11. The van der Waals surface area contributed by atoms with Gasteiger partial charge in [-0.2, -0.15) is 0 Å². The molecule has 0 saturated heterocycles. The molecule has 2 heteroatoms. The van der Waals surface area contributed by atoms with E-state index in [0.29, 0.717) is 5.56 Å². The monoisotopic (exact) mass is 204 g/mol. The number of carbonyl (C=O) groups is 1. The van der Waals surface area contributed by atoms with Gasteiger partial charge in [-0.05, 0) is 61.8 Å². The van der Waals surface area contributed by atoms with Crippen LogP contribution in [0.25, 0.3) is 0 Å². The van der Waals surface area contributed by atoms with Gasteiger partial charge in [0.05, 0.1) is 5.56 Å². The first-order valence-corrected chi connectivity index (χ1v) is 5.46. The van der Waals surface area contributed by atoms with Crippen molar-refractivity contribution in [3.05, 3.63) is 33.9 Å². The molecular weight excluding hydrogens is 188 g/mol. The van der Waals surface area contributed by atoms with Crippen LogP contribution in [0.3, 0.4) is 0 Å². The van der Waals surface area contributed by atoms with Crippen LogP contribution in [0.5, 0.6) is 0 Å². The van der Waals surface area contributed by atoms with E-state index in [4.69, 9.17) is 5.11 Å². The standard InChI is InChI=1S/C13H16O2/c1-8-7-10-5-3-4-6-11(10)9(2)12(8)13(14)15/h7H,3-6H2,1-2H3,(H,14,15). The van der Waals surface area contributed by atoms with E-state index in [9.17, 15) is 4.79 Å².